The van der Waals surface area contributed by atoms with Crippen LogP contribution in [0.1, 0.15) is 19.4 Å². The first kappa shape index (κ1) is 19.6. The minimum Gasteiger partial charge on any atom is -0.479 e. The second-order valence-corrected chi connectivity index (χ2v) is 6.57. The van der Waals surface area contributed by atoms with E-state index in [1.54, 1.807) is 0 Å². The van der Waals surface area contributed by atoms with Gasteiger partial charge in [0.25, 0.3) is 0 Å². The molecule has 1 aromatic rings. The first-order valence-corrected chi connectivity index (χ1v) is 7.28. The van der Waals surface area contributed by atoms with Gasteiger partial charge in [0.05, 0.1) is 5.60 Å². The summed E-state index contributed by atoms with van der Waals surface area (Å²) in [5, 5.41) is 19.2. The first-order chi connectivity index (χ1) is 11.3. The second-order valence-electron chi connectivity index (χ2n) is 6.57. The van der Waals surface area contributed by atoms with E-state index in [2.05, 4.69) is 0 Å². The van der Waals surface area contributed by atoms with Crippen LogP contribution in [-0.2, 0) is 10.2 Å². The largest absolute Gasteiger partial charge is 0.479 e. The molecule has 3 nitrogen and oxygen atoms in total. The lowest BCUT2D eigenvalue weighted by atomic mass is 9.53. The third kappa shape index (κ3) is 2.14. The summed E-state index contributed by atoms with van der Waals surface area (Å²) in [6.07, 6.45) is -10.9. The molecule has 0 amide bonds. The van der Waals surface area contributed by atoms with E-state index < -0.39 is 52.7 Å². The maximum Gasteiger partial charge on any atom is 0.351 e. The van der Waals surface area contributed by atoms with Crippen molar-refractivity contribution in [1.82, 2.24) is 0 Å². The van der Waals surface area contributed by atoms with E-state index in [1.165, 1.54) is 6.07 Å². The number of rotatable bonds is 3. The number of benzene rings is 1. The number of halogens is 6. The van der Waals surface area contributed by atoms with Gasteiger partial charge in [0, 0.05) is 0 Å². The van der Waals surface area contributed by atoms with Gasteiger partial charge in [-0.2, -0.15) is 0 Å². The predicted molar refractivity (Wildman–Crippen MR) is 75.5 cm³/mol. The first-order valence-electron chi connectivity index (χ1n) is 7.28. The van der Waals surface area contributed by atoms with Gasteiger partial charge < -0.3 is 10.2 Å². The predicted octanol–water partition coefficient (Wildman–Crippen LogP) is 3.15. The van der Waals surface area contributed by atoms with Crippen molar-refractivity contribution in [3.63, 3.8) is 0 Å². The van der Waals surface area contributed by atoms with Gasteiger partial charge in [0.1, 0.15) is 5.41 Å². The maximum absolute atomic E-state index is 15.1. The van der Waals surface area contributed by atoms with Gasteiger partial charge in [-0.1, -0.05) is 30.3 Å². The SMILES string of the molecule is CC(C)(O)C1(c2ccccc2)C(F)C(F)C(F)C(F)(C(=O)O)C1(F)F. The lowest BCUT2D eigenvalue weighted by molar-refractivity contribution is -0.300. The highest BCUT2D eigenvalue weighted by molar-refractivity contribution is 5.81. The molecule has 25 heavy (non-hydrogen) atoms. The molecule has 2 N–H and O–H groups in total. The Hall–Kier alpha value is -1.77. The van der Waals surface area contributed by atoms with Gasteiger partial charge in [0.15, 0.2) is 18.5 Å². The molecule has 1 fully saturated rings. The number of aliphatic carboxylic acids is 1. The molecule has 0 radical (unpaired) electrons. The number of carbonyl (C=O) groups is 1. The average Bonchev–Trinajstić information content (AvgIpc) is 2.51. The number of hydrogen-bond acceptors (Lipinski definition) is 2. The summed E-state index contributed by atoms with van der Waals surface area (Å²) in [4.78, 5) is 11.1. The summed E-state index contributed by atoms with van der Waals surface area (Å²) in [7, 11) is 0. The summed E-state index contributed by atoms with van der Waals surface area (Å²) in [5.41, 5.74) is -12.4. The molecule has 1 saturated carbocycles. The van der Waals surface area contributed by atoms with Crippen molar-refractivity contribution in [1.29, 1.82) is 0 Å². The van der Waals surface area contributed by atoms with Crippen molar-refractivity contribution in [2.45, 2.75) is 55.0 Å². The fraction of sp³-hybridized carbons (Fsp3) is 0.562. The van der Waals surface area contributed by atoms with Crippen molar-refractivity contribution in [3.8, 4) is 0 Å². The monoisotopic (exact) mass is 370 g/mol. The van der Waals surface area contributed by atoms with E-state index in [4.69, 9.17) is 5.11 Å². The van der Waals surface area contributed by atoms with E-state index in [0.29, 0.717) is 13.8 Å². The van der Waals surface area contributed by atoms with Gasteiger partial charge >= 0.3 is 17.6 Å². The van der Waals surface area contributed by atoms with Crippen LogP contribution in [-0.4, -0.2) is 51.9 Å². The lowest BCUT2D eigenvalue weighted by Crippen LogP contribution is -2.81. The van der Waals surface area contributed by atoms with E-state index in [-0.39, 0.29) is 0 Å². The van der Waals surface area contributed by atoms with Crippen molar-refractivity contribution >= 4 is 5.97 Å². The Kier molecular flexibility index (Phi) is 4.39. The van der Waals surface area contributed by atoms with Crippen LogP contribution in [0.4, 0.5) is 26.3 Å². The van der Waals surface area contributed by atoms with Crippen molar-refractivity contribution in [3.05, 3.63) is 35.9 Å². The molecule has 0 saturated heterocycles. The van der Waals surface area contributed by atoms with Crippen LogP contribution < -0.4 is 0 Å². The van der Waals surface area contributed by atoms with E-state index >= 15 is 8.78 Å². The Morgan fingerprint density at radius 3 is 1.92 bits per heavy atom. The molecule has 9 heteroatoms. The zero-order valence-electron chi connectivity index (χ0n) is 13.2. The Labute approximate surface area is 139 Å². The number of hydrogen-bond donors (Lipinski definition) is 2. The van der Waals surface area contributed by atoms with Gasteiger partial charge in [-0.25, -0.2) is 31.1 Å². The molecular formula is C16H16F6O3. The molecule has 0 aliphatic heterocycles. The lowest BCUT2D eigenvalue weighted by Gasteiger charge is -2.57. The third-order valence-electron chi connectivity index (χ3n) is 4.81. The minimum absolute atomic E-state index is 0.661. The highest BCUT2D eigenvalue weighted by Crippen LogP contribution is 2.62. The molecule has 5 unspecified atom stereocenters. The Bertz CT molecular complexity index is 662. The fourth-order valence-corrected chi connectivity index (χ4v) is 3.61. The van der Waals surface area contributed by atoms with Crippen molar-refractivity contribution in [2.24, 2.45) is 0 Å². The summed E-state index contributed by atoms with van der Waals surface area (Å²) < 4.78 is 87.9. The molecule has 1 aliphatic carbocycles. The molecule has 140 valence electrons. The van der Waals surface area contributed by atoms with Gasteiger partial charge in [-0.3, -0.25) is 0 Å². The summed E-state index contributed by atoms with van der Waals surface area (Å²) >= 11 is 0. The van der Waals surface area contributed by atoms with E-state index in [0.717, 1.165) is 24.3 Å². The van der Waals surface area contributed by atoms with Crippen molar-refractivity contribution < 1.29 is 41.4 Å². The normalized spacial score (nSPS) is 38.4. The quantitative estimate of drug-likeness (QED) is 0.804. The standard InChI is InChI=1S/C16H16F6O3/c1-13(2,25)14(8-6-4-3-5-7-8)10(18)9(17)11(19)15(20,12(23)24)16(14,21)22/h3-7,9-11,25H,1-2H3,(H,23,24). The highest BCUT2D eigenvalue weighted by atomic mass is 19.3. The van der Waals surface area contributed by atoms with Gasteiger partial charge in [-0.15, -0.1) is 0 Å². The van der Waals surface area contributed by atoms with E-state index in [1.807, 2.05) is 0 Å². The van der Waals surface area contributed by atoms with Crippen LogP contribution >= 0.6 is 0 Å². The molecule has 1 aromatic carbocycles. The zero-order valence-corrected chi connectivity index (χ0v) is 13.2. The molecule has 1 aliphatic rings. The number of aliphatic hydroxyl groups is 1. The Morgan fingerprint density at radius 2 is 1.52 bits per heavy atom. The average molecular weight is 370 g/mol. The molecule has 0 heterocycles. The number of alkyl halides is 6. The smallest absolute Gasteiger partial charge is 0.351 e. The van der Waals surface area contributed by atoms with Crippen LogP contribution in [0.5, 0.6) is 0 Å². The summed E-state index contributed by atoms with van der Waals surface area (Å²) in [6.45, 7) is 1.32. The maximum atomic E-state index is 15.1. The van der Waals surface area contributed by atoms with Crippen LogP contribution in [0.25, 0.3) is 0 Å². The van der Waals surface area contributed by atoms with Crippen LogP contribution in [0.2, 0.25) is 0 Å². The number of carboxylic acids is 1. The molecule has 0 spiro atoms. The van der Waals surface area contributed by atoms with Gasteiger partial charge in [-0.05, 0) is 19.4 Å². The van der Waals surface area contributed by atoms with Crippen LogP contribution in [0.15, 0.2) is 30.3 Å². The molecule has 0 aromatic heterocycles. The fourth-order valence-electron chi connectivity index (χ4n) is 3.61. The topological polar surface area (TPSA) is 57.5 Å². The molecule has 2 rings (SSSR count). The molecular weight excluding hydrogens is 354 g/mol. The van der Waals surface area contributed by atoms with Gasteiger partial charge in [0.2, 0.25) is 0 Å². The van der Waals surface area contributed by atoms with Crippen LogP contribution in [0.3, 0.4) is 0 Å². The van der Waals surface area contributed by atoms with Crippen LogP contribution in [0, 0.1) is 0 Å². The highest BCUT2D eigenvalue weighted by Gasteiger charge is 2.86. The minimum atomic E-state index is -5.33. The third-order valence-corrected chi connectivity index (χ3v) is 4.81. The summed E-state index contributed by atoms with van der Waals surface area (Å²) in [6, 6.07) is 5.35. The Morgan fingerprint density at radius 1 is 1.04 bits per heavy atom. The molecule has 0 bridgehead atoms. The van der Waals surface area contributed by atoms with E-state index in [9.17, 15) is 27.5 Å². The second kappa shape index (κ2) is 5.62. The zero-order chi connectivity index (χ0) is 19.4. The summed E-state index contributed by atoms with van der Waals surface area (Å²) in [5.74, 6) is -8.31. The molecule has 5 atom stereocenters. The van der Waals surface area contributed by atoms with Crippen molar-refractivity contribution in [2.75, 3.05) is 0 Å². The number of carboxylic acid groups (broad SMARTS) is 1. The Balaban J connectivity index is 2.97.